The van der Waals surface area contributed by atoms with E-state index in [0.29, 0.717) is 13.0 Å². The maximum atomic E-state index is 12.7. The summed E-state index contributed by atoms with van der Waals surface area (Å²) in [7, 11) is 1.63. The van der Waals surface area contributed by atoms with Crippen molar-refractivity contribution in [2.45, 2.75) is 38.8 Å². The maximum Gasteiger partial charge on any atom is 0.227 e. The monoisotopic (exact) mass is 341 g/mol. The van der Waals surface area contributed by atoms with Gasteiger partial charge in [-0.2, -0.15) is 0 Å². The molecule has 2 aliphatic heterocycles. The van der Waals surface area contributed by atoms with E-state index in [4.69, 9.17) is 9.47 Å². The second kappa shape index (κ2) is 6.43. The van der Waals surface area contributed by atoms with E-state index in [1.165, 1.54) is 0 Å². The van der Waals surface area contributed by atoms with Crippen LogP contribution in [0.3, 0.4) is 0 Å². The van der Waals surface area contributed by atoms with Gasteiger partial charge in [0, 0.05) is 25.2 Å². The average molecular weight is 341 g/mol. The van der Waals surface area contributed by atoms with Crippen molar-refractivity contribution in [2.75, 3.05) is 13.7 Å². The highest BCUT2D eigenvalue weighted by Crippen LogP contribution is 2.36. The van der Waals surface area contributed by atoms with E-state index < -0.39 is 0 Å². The summed E-state index contributed by atoms with van der Waals surface area (Å²) in [4.78, 5) is 17.2. The van der Waals surface area contributed by atoms with Gasteiger partial charge in [-0.15, -0.1) is 0 Å². The molecule has 0 bridgehead atoms. The molecule has 0 saturated carbocycles. The van der Waals surface area contributed by atoms with Crippen molar-refractivity contribution in [1.82, 2.24) is 14.9 Å². The topological polar surface area (TPSA) is 65.4 Å². The summed E-state index contributed by atoms with van der Waals surface area (Å²) in [6, 6.07) is 5.97. The van der Waals surface area contributed by atoms with E-state index in [0.717, 1.165) is 48.0 Å². The van der Waals surface area contributed by atoms with Crippen LogP contribution in [0.4, 0.5) is 0 Å². The van der Waals surface area contributed by atoms with Crippen molar-refractivity contribution < 1.29 is 14.3 Å². The first-order valence-corrected chi connectivity index (χ1v) is 8.75. The lowest BCUT2D eigenvalue weighted by Gasteiger charge is -2.29. The van der Waals surface area contributed by atoms with Crippen molar-refractivity contribution in [3.8, 4) is 11.5 Å². The average Bonchev–Trinajstić information content (AvgIpc) is 3.00. The number of amides is 1. The Labute approximate surface area is 147 Å². The molecule has 6 nitrogen and oxygen atoms in total. The molecular formula is C19H23N3O3. The second-order valence-electron chi connectivity index (χ2n) is 6.86. The van der Waals surface area contributed by atoms with Crippen LogP contribution in [0.25, 0.3) is 0 Å². The number of para-hydroxylation sites is 1. The predicted octanol–water partition coefficient (Wildman–Crippen LogP) is 1.88. The number of carbonyl (C=O) groups excluding carboxylic acids is 1. The third kappa shape index (κ3) is 3.08. The number of hydrogen-bond acceptors (Lipinski definition) is 4. The van der Waals surface area contributed by atoms with Crippen LogP contribution in [0.15, 0.2) is 24.4 Å². The van der Waals surface area contributed by atoms with Gasteiger partial charge in [0.2, 0.25) is 5.91 Å². The van der Waals surface area contributed by atoms with Crippen molar-refractivity contribution in [2.24, 2.45) is 5.92 Å². The number of aromatic nitrogens is 2. The smallest absolute Gasteiger partial charge is 0.227 e. The van der Waals surface area contributed by atoms with Gasteiger partial charge in [0.15, 0.2) is 11.5 Å². The zero-order valence-corrected chi connectivity index (χ0v) is 14.6. The summed E-state index contributed by atoms with van der Waals surface area (Å²) < 4.78 is 13.3. The first-order valence-electron chi connectivity index (χ1n) is 8.75. The Morgan fingerprint density at radius 2 is 2.32 bits per heavy atom. The highest BCUT2D eigenvalue weighted by molar-refractivity contribution is 5.80. The second-order valence-corrected chi connectivity index (χ2v) is 6.86. The lowest BCUT2D eigenvalue weighted by atomic mass is 9.95. The Morgan fingerprint density at radius 1 is 1.44 bits per heavy atom. The third-order valence-corrected chi connectivity index (χ3v) is 5.01. The zero-order valence-electron chi connectivity index (χ0n) is 14.6. The molecule has 4 rings (SSSR count). The molecule has 2 aliphatic rings. The minimum atomic E-state index is -0.162. The predicted molar refractivity (Wildman–Crippen MR) is 92.9 cm³/mol. The van der Waals surface area contributed by atoms with Crippen LogP contribution < -0.4 is 14.8 Å². The number of methoxy groups -OCH3 is 1. The molecule has 1 N–H and O–H groups in total. The molecule has 0 spiro atoms. The minimum Gasteiger partial charge on any atom is -0.493 e. The number of nitrogens with zero attached hydrogens (tertiary/aromatic N) is 2. The van der Waals surface area contributed by atoms with Gasteiger partial charge in [-0.1, -0.05) is 12.1 Å². The Kier molecular flexibility index (Phi) is 4.11. The molecule has 132 valence electrons. The van der Waals surface area contributed by atoms with Crippen LogP contribution >= 0.6 is 0 Å². The van der Waals surface area contributed by atoms with Crippen molar-refractivity contribution >= 4 is 5.91 Å². The molecule has 2 atom stereocenters. The summed E-state index contributed by atoms with van der Waals surface area (Å²) in [5, 5.41) is 3.20. The van der Waals surface area contributed by atoms with E-state index in [9.17, 15) is 4.79 Å². The molecular weight excluding hydrogens is 318 g/mol. The van der Waals surface area contributed by atoms with Gasteiger partial charge in [0.1, 0.15) is 12.4 Å². The Balaban J connectivity index is 1.41. The quantitative estimate of drug-likeness (QED) is 0.926. The standard InChI is InChI=1S/C19H23N3O3/c1-12-9-22-10-15(6-7-17(22)20-12)21-19(23)14-8-13-4-3-5-16(24-2)18(13)25-11-14/h3-5,9,14-15H,6-8,10-11H2,1-2H3,(H,21,23)/t14-,15-/m1/s1. The van der Waals surface area contributed by atoms with Gasteiger partial charge in [-0.25, -0.2) is 4.98 Å². The van der Waals surface area contributed by atoms with Gasteiger partial charge >= 0.3 is 0 Å². The summed E-state index contributed by atoms with van der Waals surface area (Å²) in [6.45, 7) is 3.19. The SMILES string of the molecule is COc1cccc2c1OC[C@H](C(=O)N[C@@H]1CCc3nc(C)cn3C1)C2. The number of benzene rings is 1. The molecule has 3 heterocycles. The molecule has 0 saturated heterocycles. The summed E-state index contributed by atoms with van der Waals surface area (Å²) in [5.41, 5.74) is 2.06. The first-order chi connectivity index (χ1) is 12.1. The fraction of sp³-hybridized carbons (Fsp3) is 0.474. The van der Waals surface area contributed by atoms with Gasteiger partial charge in [0.25, 0.3) is 0 Å². The van der Waals surface area contributed by atoms with Gasteiger partial charge in [-0.05, 0) is 31.4 Å². The molecule has 1 aromatic carbocycles. The maximum absolute atomic E-state index is 12.7. The third-order valence-electron chi connectivity index (χ3n) is 5.01. The highest BCUT2D eigenvalue weighted by Gasteiger charge is 2.30. The number of nitrogens with one attached hydrogen (secondary N) is 1. The normalized spacial score (nSPS) is 21.7. The summed E-state index contributed by atoms with van der Waals surface area (Å²) in [5.74, 6) is 2.52. The van der Waals surface area contributed by atoms with Crippen LogP contribution in [-0.2, 0) is 24.2 Å². The van der Waals surface area contributed by atoms with Crippen LogP contribution in [0.1, 0.15) is 23.5 Å². The van der Waals surface area contributed by atoms with Crippen molar-refractivity contribution in [3.63, 3.8) is 0 Å². The molecule has 0 fully saturated rings. The number of carbonyl (C=O) groups is 1. The van der Waals surface area contributed by atoms with Crippen LogP contribution in [-0.4, -0.2) is 35.2 Å². The number of rotatable bonds is 3. The largest absolute Gasteiger partial charge is 0.493 e. The van der Waals surface area contributed by atoms with Gasteiger partial charge in [-0.3, -0.25) is 4.79 Å². The minimum absolute atomic E-state index is 0.0683. The molecule has 1 aromatic heterocycles. The Morgan fingerprint density at radius 3 is 3.16 bits per heavy atom. The molecule has 25 heavy (non-hydrogen) atoms. The first kappa shape index (κ1) is 16.0. The van der Waals surface area contributed by atoms with E-state index >= 15 is 0 Å². The van der Waals surface area contributed by atoms with Crippen LogP contribution in [0.5, 0.6) is 11.5 Å². The van der Waals surface area contributed by atoms with Crippen molar-refractivity contribution in [1.29, 1.82) is 0 Å². The summed E-state index contributed by atoms with van der Waals surface area (Å²) >= 11 is 0. The van der Waals surface area contributed by atoms with E-state index in [1.807, 2.05) is 25.1 Å². The number of ether oxygens (including phenoxy) is 2. The Hall–Kier alpha value is -2.50. The van der Waals surface area contributed by atoms with Crippen LogP contribution in [0.2, 0.25) is 0 Å². The lowest BCUT2D eigenvalue weighted by Crippen LogP contribution is -2.46. The summed E-state index contributed by atoms with van der Waals surface area (Å²) in [6.07, 6.45) is 4.57. The van der Waals surface area contributed by atoms with E-state index in [-0.39, 0.29) is 17.9 Å². The van der Waals surface area contributed by atoms with Gasteiger partial charge in [0.05, 0.1) is 18.7 Å². The van der Waals surface area contributed by atoms with E-state index in [2.05, 4.69) is 21.1 Å². The number of hydrogen-bond donors (Lipinski definition) is 1. The molecule has 1 amide bonds. The molecule has 0 aliphatic carbocycles. The number of aryl methyl sites for hydroxylation is 2. The fourth-order valence-electron chi connectivity index (χ4n) is 3.75. The molecule has 6 heteroatoms. The van der Waals surface area contributed by atoms with Gasteiger partial charge < -0.3 is 19.4 Å². The van der Waals surface area contributed by atoms with E-state index in [1.54, 1.807) is 7.11 Å². The van der Waals surface area contributed by atoms with Crippen LogP contribution in [0, 0.1) is 12.8 Å². The Bertz CT molecular complexity index is 799. The molecule has 0 unspecified atom stereocenters. The molecule has 0 radical (unpaired) electrons. The lowest BCUT2D eigenvalue weighted by molar-refractivity contribution is -0.127. The molecule has 2 aromatic rings. The number of imidazole rings is 1. The fourth-order valence-corrected chi connectivity index (χ4v) is 3.75. The zero-order chi connectivity index (χ0) is 17.4. The number of fused-ring (bicyclic) bond motifs is 2. The highest BCUT2D eigenvalue weighted by atomic mass is 16.5. The van der Waals surface area contributed by atoms with Crippen molar-refractivity contribution in [3.05, 3.63) is 41.5 Å².